The van der Waals surface area contributed by atoms with Gasteiger partial charge < -0.3 is 4.57 Å². The molecule has 0 spiro atoms. The van der Waals surface area contributed by atoms with Gasteiger partial charge in [-0.1, -0.05) is 37.1 Å². The molecule has 1 saturated heterocycles. The predicted molar refractivity (Wildman–Crippen MR) is 103 cm³/mol. The summed E-state index contributed by atoms with van der Waals surface area (Å²) in [6, 6.07) is 8.29. The maximum atomic E-state index is 6.00. The molecule has 1 aliphatic heterocycles. The van der Waals surface area contributed by atoms with E-state index >= 15 is 0 Å². The first-order valence-electron chi connectivity index (χ1n) is 8.17. The van der Waals surface area contributed by atoms with Crippen molar-refractivity contribution in [2.24, 2.45) is 5.92 Å². The molecule has 0 saturated carbocycles. The van der Waals surface area contributed by atoms with Crippen LogP contribution in [0.2, 0.25) is 5.02 Å². The predicted octanol–water partition coefficient (Wildman–Crippen LogP) is 5.37. The third-order valence-electron chi connectivity index (χ3n) is 4.43. The van der Waals surface area contributed by atoms with Gasteiger partial charge in [0.2, 0.25) is 0 Å². The monoisotopic (exact) mass is 366 g/mol. The standard InChI is InChI=1S/C18H23ClN2S2/c1-2-15-11-22-18(23-12-15,13-21-10-9-20-14-21)8-7-16-3-5-17(19)6-4-16/h3-6,9-10,14-15H,2,7-8,11-13H2,1H3. The maximum absolute atomic E-state index is 6.00. The van der Waals surface area contributed by atoms with E-state index in [1.165, 1.54) is 29.9 Å². The van der Waals surface area contributed by atoms with E-state index in [4.69, 9.17) is 11.6 Å². The maximum Gasteiger partial charge on any atom is 0.0946 e. The van der Waals surface area contributed by atoms with Crippen molar-refractivity contribution >= 4 is 35.1 Å². The molecular formula is C18H23ClN2S2. The summed E-state index contributed by atoms with van der Waals surface area (Å²) in [5.74, 6) is 3.41. The Hall–Kier alpha value is -0.580. The molecule has 0 aliphatic carbocycles. The van der Waals surface area contributed by atoms with Gasteiger partial charge in [0.1, 0.15) is 0 Å². The van der Waals surface area contributed by atoms with E-state index in [1.54, 1.807) is 0 Å². The van der Waals surface area contributed by atoms with Crippen LogP contribution in [0, 0.1) is 5.92 Å². The van der Waals surface area contributed by atoms with Crippen LogP contribution in [0.5, 0.6) is 0 Å². The molecule has 2 aromatic rings. The minimum absolute atomic E-state index is 0.256. The molecule has 1 aromatic carbocycles. The highest BCUT2D eigenvalue weighted by molar-refractivity contribution is 8.18. The second-order valence-electron chi connectivity index (χ2n) is 6.17. The van der Waals surface area contributed by atoms with Crippen molar-refractivity contribution in [2.75, 3.05) is 11.5 Å². The highest BCUT2D eigenvalue weighted by atomic mass is 35.5. The number of rotatable bonds is 6. The average Bonchev–Trinajstić information content (AvgIpc) is 3.08. The Balaban J connectivity index is 1.68. The largest absolute Gasteiger partial charge is 0.335 e. The summed E-state index contributed by atoms with van der Waals surface area (Å²) in [6.07, 6.45) is 9.47. The molecule has 0 unspecified atom stereocenters. The second kappa shape index (κ2) is 8.00. The smallest absolute Gasteiger partial charge is 0.0946 e. The Morgan fingerprint density at radius 1 is 1.26 bits per heavy atom. The molecule has 0 N–H and O–H groups in total. The van der Waals surface area contributed by atoms with Gasteiger partial charge in [-0.25, -0.2) is 4.98 Å². The highest BCUT2D eigenvalue weighted by Crippen LogP contribution is 2.48. The van der Waals surface area contributed by atoms with Crippen LogP contribution >= 0.6 is 35.1 Å². The number of aryl methyl sites for hydroxylation is 1. The number of thioether (sulfide) groups is 2. The molecule has 0 atom stereocenters. The van der Waals surface area contributed by atoms with Crippen molar-refractivity contribution in [3.63, 3.8) is 0 Å². The number of halogens is 1. The van der Waals surface area contributed by atoms with Gasteiger partial charge in [-0.05, 0) is 48.0 Å². The summed E-state index contributed by atoms with van der Waals surface area (Å²) in [5, 5.41) is 0.814. The molecule has 1 aromatic heterocycles. The number of imidazole rings is 1. The van der Waals surface area contributed by atoms with Crippen molar-refractivity contribution in [2.45, 2.75) is 36.8 Å². The Morgan fingerprint density at radius 3 is 2.61 bits per heavy atom. The Kier molecular flexibility index (Phi) is 6.00. The highest BCUT2D eigenvalue weighted by Gasteiger charge is 2.36. The Morgan fingerprint density at radius 2 is 2.00 bits per heavy atom. The van der Waals surface area contributed by atoms with Crippen molar-refractivity contribution in [1.82, 2.24) is 9.55 Å². The van der Waals surface area contributed by atoms with Crippen LogP contribution in [0.3, 0.4) is 0 Å². The van der Waals surface area contributed by atoms with E-state index in [1.807, 2.05) is 24.7 Å². The van der Waals surface area contributed by atoms with Crippen LogP contribution in [0.25, 0.3) is 0 Å². The fraction of sp³-hybridized carbons (Fsp3) is 0.500. The van der Waals surface area contributed by atoms with Crippen LogP contribution in [-0.2, 0) is 13.0 Å². The molecule has 5 heteroatoms. The average molecular weight is 367 g/mol. The lowest BCUT2D eigenvalue weighted by atomic mass is 10.1. The van der Waals surface area contributed by atoms with Gasteiger partial charge in [0.05, 0.1) is 10.4 Å². The number of hydrogen-bond donors (Lipinski definition) is 0. The molecule has 1 aliphatic rings. The molecule has 2 heterocycles. The summed E-state index contributed by atoms with van der Waals surface area (Å²) in [4.78, 5) is 4.21. The summed E-state index contributed by atoms with van der Waals surface area (Å²) in [6.45, 7) is 3.34. The van der Waals surface area contributed by atoms with Gasteiger partial charge in [0.25, 0.3) is 0 Å². The molecular weight excluding hydrogens is 344 g/mol. The second-order valence-corrected chi connectivity index (χ2v) is 9.67. The van der Waals surface area contributed by atoms with Gasteiger partial charge in [-0.15, -0.1) is 23.5 Å². The van der Waals surface area contributed by atoms with Crippen LogP contribution in [0.1, 0.15) is 25.3 Å². The van der Waals surface area contributed by atoms with Crippen molar-refractivity contribution in [3.8, 4) is 0 Å². The van der Waals surface area contributed by atoms with Gasteiger partial charge >= 0.3 is 0 Å². The van der Waals surface area contributed by atoms with Gasteiger partial charge in [-0.2, -0.15) is 0 Å². The molecule has 23 heavy (non-hydrogen) atoms. The zero-order valence-electron chi connectivity index (χ0n) is 13.5. The quantitative estimate of drug-likeness (QED) is 0.684. The van der Waals surface area contributed by atoms with E-state index in [0.29, 0.717) is 0 Å². The van der Waals surface area contributed by atoms with Crippen molar-refractivity contribution in [1.29, 1.82) is 0 Å². The third kappa shape index (κ3) is 4.71. The molecule has 124 valence electrons. The van der Waals surface area contributed by atoms with E-state index < -0.39 is 0 Å². The summed E-state index contributed by atoms with van der Waals surface area (Å²) in [7, 11) is 0. The summed E-state index contributed by atoms with van der Waals surface area (Å²) < 4.78 is 2.49. The molecule has 3 rings (SSSR count). The SMILES string of the molecule is CCC1CSC(CCc2ccc(Cl)cc2)(Cn2ccnc2)SC1. The van der Waals surface area contributed by atoms with Gasteiger partial charge in [0, 0.05) is 24.0 Å². The minimum Gasteiger partial charge on any atom is -0.335 e. The van der Waals surface area contributed by atoms with Crippen molar-refractivity contribution < 1.29 is 0 Å². The lowest BCUT2D eigenvalue weighted by molar-refractivity contribution is 0.566. The van der Waals surface area contributed by atoms with Crippen LogP contribution in [0.15, 0.2) is 43.0 Å². The molecule has 0 amide bonds. The van der Waals surface area contributed by atoms with Crippen LogP contribution in [0.4, 0.5) is 0 Å². The normalized spacial score (nSPS) is 24.7. The Bertz CT molecular complexity index is 590. The van der Waals surface area contributed by atoms with Gasteiger partial charge in [-0.3, -0.25) is 0 Å². The fourth-order valence-corrected chi connectivity index (χ4v) is 6.60. The number of benzene rings is 1. The molecule has 0 bridgehead atoms. The Labute approximate surface area is 152 Å². The van der Waals surface area contributed by atoms with Crippen LogP contribution < -0.4 is 0 Å². The number of aromatic nitrogens is 2. The number of nitrogens with zero attached hydrogens (tertiary/aromatic N) is 2. The van der Waals surface area contributed by atoms with E-state index in [9.17, 15) is 0 Å². The summed E-state index contributed by atoms with van der Waals surface area (Å²) >= 11 is 10.3. The van der Waals surface area contributed by atoms with E-state index in [0.717, 1.165) is 23.9 Å². The lowest BCUT2D eigenvalue weighted by Crippen LogP contribution is -2.34. The first-order chi connectivity index (χ1) is 11.2. The minimum atomic E-state index is 0.256. The molecule has 0 radical (unpaired) electrons. The van der Waals surface area contributed by atoms with E-state index in [2.05, 4.69) is 58.3 Å². The topological polar surface area (TPSA) is 17.8 Å². The summed E-state index contributed by atoms with van der Waals surface area (Å²) in [5.41, 5.74) is 1.37. The van der Waals surface area contributed by atoms with Gasteiger partial charge in [0.15, 0.2) is 0 Å². The lowest BCUT2D eigenvalue weighted by Gasteiger charge is -2.39. The number of hydrogen-bond acceptors (Lipinski definition) is 3. The van der Waals surface area contributed by atoms with E-state index in [-0.39, 0.29) is 4.08 Å². The fourth-order valence-electron chi connectivity index (χ4n) is 2.82. The molecule has 2 nitrogen and oxygen atoms in total. The zero-order valence-corrected chi connectivity index (χ0v) is 15.8. The van der Waals surface area contributed by atoms with Crippen LogP contribution in [-0.4, -0.2) is 25.1 Å². The molecule has 1 fully saturated rings. The first-order valence-corrected chi connectivity index (χ1v) is 10.5. The third-order valence-corrected chi connectivity index (χ3v) is 8.39. The zero-order chi connectivity index (χ0) is 16.1. The van der Waals surface area contributed by atoms with Crippen molar-refractivity contribution in [3.05, 3.63) is 53.6 Å². The first kappa shape index (κ1) is 17.2.